The lowest BCUT2D eigenvalue weighted by molar-refractivity contribution is -0.128. The topological polar surface area (TPSA) is 69.9 Å². The molecule has 0 saturated carbocycles. The number of hydrogen-bond acceptors (Lipinski definition) is 4. The van der Waals surface area contributed by atoms with Gasteiger partial charge in [0.05, 0.1) is 24.2 Å². The molecule has 0 N–H and O–H groups in total. The Balaban J connectivity index is 2.02. The molecule has 0 aliphatic carbocycles. The largest absolute Gasteiger partial charge is 0.335 e. The normalized spacial score (nSPS) is 20.3. The van der Waals surface area contributed by atoms with Crippen molar-refractivity contribution >= 4 is 5.91 Å². The number of carbonyl (C=O) groups is 1. The van der Waals surface area contributed by atoms with E-state index in [9.17, 15) is 4.79 Å². The van der Waals surface area contributed by atoms with Gasteiger partial charge in [-0.15, -0.1) is 0 Å². The monoisotopic (exact) mass is 202 g/mol. The second-order valence-corrected chi connectivity index (χ2v) is 3.51. The molecule has 1 aromatic heterocycles. The first-order valence-corrected chi connectivity index (χ1v) is 4.72. The van der Waals surface area contributed by atoms with Crippen LogP contribution in [0.4, 0.5) is 0 Å². The number of aromatic nitrogens is 2. The fourth-order valence-corrected chi connectivity index (χ4v) is 1.62. The fraction of sp³-hybridized carbons (Fsp3) is 0.400. The first-order valence-electron chi connectivity index (χ1n) is 4.72. The molecule has 1 fully saturated rings. The van der Waals surface area contributed by atoms with Crippen molar-refractivity contribution in [2.45, 2.75) is 13.0 Å². The van der Waals surface area contributed by atoms with Crippen LogP contribution < -0.4 is 0 Å². The van der Waals surface area contributed by atoms with E-state index in [0.717, 1.165) is 5.69 Å². The molecule has 2 rings (SSSR count). The Hall–Kier alpha value is -1.96. The fourth-order valence-electron chi connectivity index (χ4n) is 1.62. The van der Waals surface area contributed by atoms with Gasteiger partial charge in [0.15, 0.2) is 0 Å². The number of hydrogen-bond donors (Lipinski definition) is 0. The van der Waals surface area contributed by atoms with Gasteiger partial charge in [-0.3, -0.25) is 4.79 Å². The molecule has 2 heterocycles. The molecule has 1 atom stereocenters. The van der Waals surface area contributed by atoms with Crippen molar-refractivity contribution in [1.29, 1.82) is 5.26 Å². The summed E-state index contributed by atoms with van der Waals surface area (Å²) in [6.45, 7) is 0.985. The minimum absolute atomic E-state index is 0.0279. The molecule has 1 saturated heterocycles. The van der Waals surface area contributed by atoms with Crippen molar-refractivity contribution in [1.82, 2.24) is 14.9 Å². The molecule has 1 aliphatic heterocycles. The Bertz CT molecular complexity index is 398. The van der Waals surface area contributed by atoms with E-state index in [4.69, 9.17) is 5.26 Å². The third-order valence-corrected chi connectivity index (χ3v) is 2.39. The van der Waals surface area contributed by atoms with Crippen LogP contribution in [0.25, 0.3) is 0 Å². The van der Waals surface area contributed by atoms with Gasteiger partial charge in [0.25, 0.3) is 0 Å². The van der Waals surface area contributed by atoms with Gasteiger partial charge in [-0.05, 0) is 6.07 Å². The van der Waals surface area contributed by atoms with E-state index in [0.29, 0.717) is 19.5 Å². The highest BCUT2D eigenvalue weighted by Crippen LogP contribution is 2.18. The van der Waals surface area contributed by atoms with Gasteiger partial charge in [-0.25, -0.2) is 9.97 Å². The van der Waals surface area contributed by atoms with Crippen LogP contribution in [0.2, 0.25) is 0 Å². The zero-order chi connectivity index (χ0) is 10.7. The average molecular weight is 202 g/mol. The Kier molecular flexibility index (Phi) is 2.59. The maximum Gasteiger partial charge on any atom is 0.224 e. The summed E-state index contributed by atoms with van der Waals surface area (Å²) in [5, 5.41) is 8.71. The van der Waals surface area contributed by atoms with Gasteiger partial charge in [-0.1, -0.05) is 0 Å². The Labute approximate surface area is 87.4 Å². The van der Waals surface area contributed by atoms with Gasteiger partial charge >= 0.3 is 0 Å². The summed E-state index contributed by atoms with van der Waals surface area (Å²) in [4.78, 5) is 21.0. The number of rotatable bonds is 2. The Morgan fingerprint density at radius 3 is 3.13 bits per heavy atom. The smallest absolute Gasteiger partial charge is 0.224 e. The number of nitrogens with zero attached hydrogens (tertiary/aromatic N) is 4. The van der Waals surface area contributed by atoms with Crippen LogP contribution in [0.5, 0.6) is 0 Å². The SMILES string of the molecule is N#CC1CC(=O)N(Cc2ccncn2)C1. The molecular weight excluding hydrogens is 192 g/mol. The molecule has 1 aromatic rings. The lowest BCUT2D eigenvalue weighted by Gasteiger charge is -2.14. The molecule has 1 aliphatic rings. The summed E-state index contributed by atoms with van der Waals surface area (Å²) < 4.78 is 0. The molecule has 5 nitrogen and oxygen atoms in total. The van der Waals surface area contributed by atoms with E-state index in [1.807, 2.05) is 0 Å². The van der Waals surface area contributed by atoms with E-state index >= 15 is 0 Å². The molecule has 1 unspecified atom stereocenters. The second kappa shape index (κ2) is 4.05. The molecule has 0 bridgehead atoms. The summed E-state index contributed by atoms with van der Waals surface area (Å²) in [5.41, 5.74) is 0.803. The van der Waals surface area contributed by atoms with Crippen LogP contribution >= 0.6 is 0 Å². The molecule has 15 heavy (non-hydrogen) atoms. The van der Waals surface area contributed by atoms with E-state index in [-0.39, 0.29) is 11.8 Å². The highest BCUT2D eigenvalue weighted by Gasteiger charge is 2.29. The van der Waals surface area contributed by atoms with E-state index < -0.39 is 0 Å². The summed E-state index contributed by atoms with van der Waals surface area (Å²) in [6, 6.07) is 3.89. The summed E-state index contributed by atoms with van der Waals surface area (Å²) in [6.07, 6.45) is 3.43. The summed E-state index contributed by atoms with van der Waals surface area (Å²) in [5.74, 6) is -0.139. The maximum atomic E-state index is 11.5. The minimum atomic E-state index is -0.167. The molecule has 0 aromatic carbocycles. The Morgan fingerprint density at radius 1 is 1.67 bits per heavy atom. The van der Waals surface area contributed by atoms with Crippen LogP contribution in [-0.2, 0) is 11.3 Å². The zero-order valence-corrected chi connectivity index (χ0v) is 8.13. The van der Waals surface area contributed by atoms with E-state index in [2.05, 4.69) is 16.0 Å². The minimum Gasteiger partial charge on any atom is -0.335 e. The van der Waals surface area contributed by atoms with Crippen LogP contribution in [0.3, 0.4) is 0 Å². The molecule has 0 spiro atoms. The van der Waals surface area contributed by atoms with Gasteiger partial charge in [0.2, 0.25) is 5.91 Å². The lowest BCUT2D eigenvalue weighted by Crippen LogP contribution is -2.24. The number of likely N-dealkylation sites (tertiary alicyclic amines) is 1. The van der Waals surface area contributed by atoms with Crippen LogP contribution in [-0.4, -0.2) is 27.3 Å². The second-order valence-electron chi connectivity index (χ2n) is 3.51. The predicted molar refractivity (Wildman–Crippen MR) is 51.2 cm³/mol. The van der Waals surface area contributed by atoms with Gasteiger partial charge in [0.1, 0.15) is 6.33 Å². The van der Waals surface area contributed by atoms with Crippen LogP contribution in [0, 0.1) is 17.2 Å². The summed E-state index contributed by atoms with van der Waals surface area (Å²) in [7, 11) is 0. The van der Waals surface area contributed by atoms with Crippen molar-refractivity contribution in [3.8, 4) is 6.07 Å². The number of carbonyl (C=O) groups excluding carboxylic acids is 1. The third kappa shape index (κ3) is 2.10. The molecular formula is C10H10N4O. The molecule has 1 amide bonds. The van der Waals surface area contributed by atoms with Crippen molar-refractivity contribution in [2.24, 2.45) is 5.92 Å². The van der Waals surface area contributed by atoms with Crippen molar-refractivity contribution in [3.63, 3.8) is 0 Å². The first kappa shape index (κ1) is 9.59. The maximum absolute atomic E-state index is 11.5. The van der Waals surface area contributed by atoms with Crippen LogP contribution in [0.15, 0.2) is 18.6 Å². The van der Waals surface area contributed by atoms with E-state index in [1.54, 1.807) is 17.2 Å². The van der Waals surface area contributed by atoms with Crippen molar-refractivity contribution < 1.29 is 4.79 Å². The van der Waals surface area contributed by atoms with Gasteiger partial charge in [-0.2, -0.15) is 5.26 Å². The van der Waals surface area contributed by atoms with E-state index in [1.165, 1.54) is 6.33 Å². The number of nitriles is 1. The Morgan fingerprint density at radius 2 is 2.53 bits per heavy atom. The highest BCUT2D eigenvalue weighted by molar-refractivity contribution is 5.79. The van der Waals surface area contributed by atoms with Crippen molar-refractivity contribution in [3.05, 3.63) is 24.3 Å². The van der Waals surface area contributed by atoms with Crippen LogP contribution in [0.1, 0.15) is 12.1 Å². The standard InChI is InChI=1S/C10H10N4O/c11-4-8-3-10(15)14(5-8)6-9-1-2-12-7-13-9/h1-2,7-8H,3,5-6H2. The quantitative estimate of drug-likeness (QED) is 0.693. The predicted octanol–water partition coefficient (Wildman–Crippen LogP) is 0.349. The molecule has 5 heteroatoms. The average Bonchev–Trinajstić information content (AvgIpc) is 2.61. The molecule has 0 radical (unpaired) electrons. The van der Waals surface area contributed by atoms with Crippen molar-refractivity contribution in [2.75, 3.05) is 6.54 Å². The molecule has 76 valence electrons. The van der Waals surface area contributed by atoms with Gasteiger partial charge in [0, 0.05) is 19.2 Å². The first-order chi connectivity index (χ1) is 7.29. The third-order valence-electron chi connectivity index (χ3n) is 2.39. The zero-order valence-electron chi connectivity index (χ0n) is 8.13. The summed E-state index contributed by atoms with van der Waals surface area (Å²) >= 11 is 0. The lowest BCUT2D eigenvalue weighted by atomic mass is 10.1. The number of amides is 1. The highest BCUT2D eigenvalue weighted by atomic mass is 16.2. The van der Waals surface area contributed by atoms with Gasteiger partial charge < -0.3 is 4.90 Å².